The maximum absolute atomic E-state index is 9.59. The maximum atomic E-state index is 9.59. The van der Waals surface area contributed by atoms with Crippen molar-refractivity contribution < 1.29 is 15.3 Å². The monoisotopic (exact) mass is 226 g/mol. The van der Waals surface area contributed by atoms with Gasteiger partial charge in [0.1, 0.15) is 23.9 Å². The zero-order chi connectivity index (χ0) is 12.1. The predicted octanol–water partition coefficient (Wildman–Crippen LogP) is -1.09. The molecule has 1 aromatic rings. The summed E-state index contributed by atoms with van der Waals surface area (Å²) in [4.78, 5) is 0. The lowest BCUT2D eigenvalue weighted by Gasteiger charge is -2.08. The Kier molecular flexibility index (Phi) is 4.06. The Morgan fingerprint density at radius 2 is 1.75 bits per heavy atom. The van der Waals surface area contributed by atoms with Crippen molar-refractivity contribution in [3.63, 3.8) is 0 Å². The fourth-order valence-electron chi connectivity index (χ4n) is 1.07. The van der Waals surface area contributed by atoms with Crippen LogP contribution in [0, 0.1) is 0 Å². The topological polar surface area (TPSA) is 137 Å². The molecule has 0 saturated carbocycles. The van der Waals surface area contributed by atoms with E-state index in [9.17, 15) is 15.3 Å². The number of rotatable bonds is 4. The lowest BCUT2D eigenvalue weighted by Crippen LogP contribution is -2.42. The zero-order valence-electron chi connectivity index (χ0n) is 8.41. The average Bonchev–Trinajstić information content (AvgIpc) is 2.15. The predicted molar refractivity (Wildman–Crippen MR) is 58.5 cm³/mol. The van der Waals surface area contributed by atoms with E-state index in [0.29, 0.717) is 5.56 Å². The molecule has 8 N–H and O–H groups in total. The van der Waals surface area contributed by atoms with Gasteiger partial charge in [-0.25, -0.2) is 0 Å². The third kappa shape index (κ3) is 3.73. The maximum Gasteiger partial charge on any atom is 0.142 e. The number of nitrogens with two attached hydrogens (primary N) is 2. The van der Waals surface area contributed by atoms with E-state index >= 15 is 0 Å². The van der Waals surface area contributed by atoms with Gasteiger partial charge in [-0.3, -0.25) is 16.9 Å². The number of phenolic OH excluding ortho intramolecular Hbond substituents is 2. The van der Waals surface area contributed by atoms with Crippen LogP contribution >= 0.6 is 0 Å². The summed E-state index contributed by atoms with van der Waals surface area (Å²) in [6.07, 6.45) is -0.758. The van der Waals surface area contributed by atoms with E-state index in [0.717, 1.165) is 12.3 Å². The third-order valence-corrected chi connectivity index (χ3v) is 1.71. The van der Waals surface area contributed by atoms with Crippen LogP contribution in [-0.4, -0.2) is 27.8 Å². The van der Waals surface area contributed by atoms with E-state index in [2.05, 4.69) is 10.5 Å². The molecule has 88 valence electrons. The highest BCUT2D eigenvalue weighted by Crippen LogP contribution is 2.23. The molecule has 7 nitrogen and oxygen atoms in total. The van der Waals surface area contributed by atoms with E-state index in [4.69, 9.17) is 11.5 Å². The minimum atomic E-state index is -1.08. The summed E-state index contributed by atoms with van der Waals surface area (Å²) in [6, 6.07) is 3.76. The number of hydrogen-bond donors (Lipinski definition) is 6. The number of aliphatic hydroxyl groups is 1. The van der Waals surface area contributed by atoms with Gasteiger partial charge < -0.3 is 15.3 Å². The molecule has 0 bridgehead atoms. The van der Waals surface area contributed by atoms with Gasteiger partial charge in [-0.05, 0) is 17.7 Å². The Balaban J connectivity index is 2.72. The molecule has 0 aliphatic heterocycles. The van der Waals surface area contributed by atoms with Crippen molar-refractivity contribution in [1.82, 2.24) is 5.43 Å². The smallest absolute Gasteiger partial charge is 0.142 e. The molecule has 7 heteroatoms. The SMILES string of the molecule is NC(N)NN=CC(O)c1cc(O)cc(O)c1. The molecule has 0 spiro atoms. The summed E-state index contributed by atoms with van der Waals surface area (Å²) in [5, 5.41) is 31.5. The summed E-state index contributed by atoms with van der Waals surface area (Å²) >= 11 is 0. The minimum Gasteiger partial charge on any atom is -0.508 e. The first-order valence-corrected chi connectivity index (χ1v) is 4.50. The second-order valence-electron chi connectivity index (χ2n) is 3.16. The van der Waals surface area contributed by atoms with Gasteiger partial charge >= 0.3 is 0 Å². The fraction of sp³-hybridized carbons (Fsp3) is 0.222. The number of hydrazone groups is 1. The molecule has 0 aliphatic rings. The number of benzene rings is 1. The summed E-state index contributed by atoms with van der Waals surface area (Å²) in [6.45, 7) is 0. The van der Waals surface area contributed by atoms with Crippen LogP contribution in [0.4, 0.5) is 0 Å². The van der Waals surface area contributed by atoms with Crippen LogP contribution in [-0.2, 0) is 0 Å². The first kappa shape index (κ1) is 12.2. The first-order valence-electron chi connectivity index (χ1n) is 4.50. The largest absolute Gasteiger partial charge is 0.508 e. The molecule has 0 aromatic heterocycles. The van der Waals surface area contributed by atoms with Crippen molar-refractivity contribution in [2.75, 3.05) is 0 Å². The Labute approximate surface area is 92.0 Å². The molecule has 1 aromatic carbocycles. The van der Waals surface area contributed by atoms with E-state index in [1.54, 1.807) is 0 Å². The Hall–Kier alpha value is -1.83. The molecule has 0 amide bonds. The molecule has 1 rings (SSSR count). The quantitative estimate of drug-likeness (QED) is 0.219. The summed E-state index contributed by atoms with van der Waals surface area (Å²) in [5.74, 6) is -0.295. The van der Waals surface area contributed by atoms with E-state index in [1.807, 2.05) is 0 Å². The lowest BCUT2D eigenvalue weighted by molar-refractivity contribution is 0.250. The van der Waals surface area contributed by atoms with Crippen molar-refractivity contribution in [3.8, 4) is 11.5 Å². The average molecular weight is 226 g/mol. The van der Waals surface area contributed by atoms with Crippen molar-refractivity contribution in [3.05, 3.63) is 23.8 Å². The molecule has 0 fully saturated rings. The standard InChI is InChI=1S/C9H14N4O3/c10-9(11)13-12-4-8(16)5-1-6(14)3-7(15)2-5/h1-4,8-9,13-16H,10-11H2. The van der Waals surface area contributed by atoms with E-state index in [1.165, 1.54) is 12.1 Å². The van der Waals surface area contributed by atoms with Gasteiger partial charge in [0.15, 0.2) is 0 Å². The first-order chi connectivity index (χ1) is 7.49. The highest BCUT2D eigenvalue weighted by atomic mass is 16.3. The van der Waals surface area contributed by atoms with Gasteiger partial charge in [0.05, 0.1) is 6.21 Å². The molecule has 16 heavy (non-hydrogen) atoms. The molecular formula is C9H14N4O3. The molecular weight excluding hydrogens is 212 g/mol. The molecule has 0 saturated heterocycles. The van der Waals surface area contributed by atoms with Crippen molar-refractivity contribution in [2.45, 2.75) is 12.4 Å². The van der Waals surface area contributed by atoms with Gasteiger partial charge in [0.25, 0.3) is 0 Å². The second-order valence-corrected chi connectivity index (χ2v) is 3.16. The summed E-state index contributed by atoms with van der Waals surface area (Å²) < 4.78 is 0. The van der Waals surface area contributed by atoms with Crippen molar-refractivity contribution in [1.29, 1.82) is 0 Å². The van der Waals surface area contributed by atoms with Crippen LogP contribution in [0.15, 0.2) is 23.3 Å². The number of nitrogens with zero attached hydrogens (tertiary/aromatic N) is 1. The highest BCUT2D eigenvalue weighted by Gasteiger charge is 2.07. The second kappa shape index (κ2) is 5.31. The Morgan fingerprint density at radius 1 is 1.19 bits per heavy atom. The number of nitrogens with one attached hydrogen (secondary N) is 1. The number of aliphatic hydroxyl groups excluding tert-OH is 1. The number of phenols is 2. The van der Waals surface area contributed by atoms with Crippen LogP contribution in [0.2, 0.25) is 0 Å². The fourth-order valence-corrected chi connectivity index (χ4v) is 1.07. The lowest BCUT2D eigenvalue weighted by atomic mass is 10.1. The van der Waals surface area contributed by atoms with Crippen LogP contribution in [0.3, 0.4) is 0 Å². The molecule has 0 heterocycles. The van der Waals surface area contributed by atoms with Gasteiger partial charge in [0.2, 0.25) is 0 Å². The van der Waals surface area contributed by atoms with Crippen LogP contribution in [0.1, 0.15) is 11.7 Å². The normalized spacial score (nSPS) is 13.2. The molecule has 0 radical (unpaired) electrons. The zero-order valence-corrected chi connectivity index (χ0v) is 8.41. The van der Waals surface area contributed by atoms with Crippen molar-refractivity contribution >= 4 is 6.21 Å². The van der Waals surface area contributed by atoms with E-state index < -0.39 is 12.4 Å². The minimum absolute atomic E-state index is 0.147. The Bertz CT molecular complexity index is 361. The van der Waals surface area contributed by atoms with Crippen LogP contribution in [0.25, 0.3) is 0 Å². The highest BCUT2D eigenvalue weighted by molar-refractivity contribution is 5.66. The summed E-state index contributed by atoms with van der Waals surface area (Å²) in [5.41, 5.74) is 12.9. The van der Waals surface area contributed by atoms with Crippen LogP contribution < -0.4 is 16.9 Å². The molecule has 1 unspecified atom stereocenters. The van der Waals surface area contributed by atoms with E-state index in [-0.39, 0.29) is 11.5 Å². The molecule has 1 atom stereocenters. The van der Waals surface area contributed by atoms with Gasteiger partial charge in [0, 0.05) is 6.07 Å². The Morgan fingerprint density at radius 3 is 2.25 bits per heavy atom. The van der Waals surface area contributed by atoms with Crippen molar-refractivity contribution in [2.24, 2.45) is 16.6 Å². The number of aromatic hydroxyl groups is 2. The number of hydrogen-bond acceptors (Lipinski definition) is 7. The third-order valence-electron chi connectivity index (χ3n) is 1.71. The van der Waals surface area contributed by atoms with Gasteiger partial charge in [-0.15, -0.1) is 0 Å². The molecule has 0 aliphatic carbocycles. The summed E-state index contributed by atoms with van der Waals surface area (Å²) in [7, 11) is 0. The van der Waals surface area contributed by atoms with Crippen LogP contribution in [0.5, 0.6) is 11.5 Å². The van der Waals surface area contributed by atoms with Gasteiger partial charge in [-0.2, -0.15) is 5.10 Å². The van der Waals surface area contributed by atoms with Gasteiger partial charge in [-0.1, -0.05) is 0 Å².